The molecule has 1 unspecified atom stereocenters. The molecule has 108 valence electrons. The molecule has 0 saturated carbocycles. The molecule has 4 nitrogen and oxygen atoms in total. The summed E-state index contributed by atoms with van der Waals surface area (Å²) in [4.78, 5) is 13.5. The minimum atomic E-state index is -0.793. The Morgan fingerprint density at radius 2 is 1.83 bits per heavy atom. The van der Waals surface area contributed by atoms with Gasteiger partial charge in [0, 0.05) is 5.54 Å². The van der Waals surface area contributed by atoms with Crippen molar-refractivity contribution in [1.82, 2.24) is 10.2 Å². The van der Waals surface area contributed by atoms with Crippen LogP contribution >= 0.6 is 0 Å². The van der Waals surface area contributed by atoms with Crippen LogP contribution in [0.4, 0.5) is 0 Å². The predicted octanol–water partition coefficient (Wildman–Crippen LogP) is 2.34. The minimum Gasteiger partial charge on any atom is -0.480 e. The highest BCUT2D eigenvalue weighted by Gasteiger charge is 2.30. The summed E-state index contributed by atoms with van der Waals surface area (Å²) in [5, 5.41) is 12.0. The molecule has 0 rings (SSSR count). The third-order valence-electron chi connectivity index (χ3n) is 4.34. The molecule has 4 heteroatoms. The Hall–Kier alpha value is -0.610. The number of carbonyl (C=O) groups is 1. The summed E-state index contributed by atoms with van der Waals surface area (Å²) < 4.78 is 0. The molecule has 0 amide bonds. The number of hydrogen-bond acceptors (Lipinski definition) is 3. The van der Waals surface area contributed by atoms with E-state index in [2.05, 4.69) is 38.0 Å². The monoisotopic (exact) mass is 258 g/mol. The lowest BCUT2D eigenvalue weighted by molar-refractivity contribution is -0.144. The van der Waals surface area contributed by atoms with Gasteiger partial charge < -0.3 is 15.3 Å². The van der Waals surface area contributed by atoms with Gasteiger partial charge in [0.1, 0.15) is 5.54 Å². The predicted molar refractivity (Wildman–Crippen MR) is 76.0 cm³/mol. The number of carboxylic acids is 1. The molecule has 0 aliphatic rings. The maximum absolute atomic E-state index is 11.1. The Bertz CT molecular complexity index is 267. The summed E-state index contributed by atoms with van der Waals surface area (Å²) >= 11 is 0. The first-order valence-electron chi connectivity index (χ1n) is 6.83. The van der Waals surface area contributed by atoms with Crippen molar-refractivity contribution in [2.75, 3.05) is 20.6 Å². The Kier molecular flexibility index (Phi) is 6.86. The molecule has 0 bridgehead atoms. The van der Waals surface area contributed by atoms with Crippen molar-refractivity contribution in [2.24, 2.45) is 0 Å². The zero-order valence-corrected chi connectivity index (χ0v) is 12.8. The first-order chi connectivity index (χ1) is 8.19. The van der Waals surface area contributed by atoms with Crippen molar-refractivity contribution >= 4 is 5.97 Å². The number of rotatable bonds is 9. The number of carboxylic acid groups (broad SMARTS) is 1. The first kappa shape index (κ1) is 17.4. The van der Waals surface area contributed by atoms with Gasteiger partial charge in [-0.25, -0.2) is 0 Å². The van der Waals surface area contributed by atoms with Gasteiger partial charge in [0.05, 0.1) is 0 Å². The quantitative estimate of drug-likeness (QED) is 0.623. The average Bonchev–Trinajstić information content (AvgIpc) is 2.33. The zero-order chi connectivity index (χ0) is 14.4. The van der Waals surface area contributed by atoms with Crippen LogP contribution in [0.1, 0.15) is 53.4 Å². The normalized spacial score (nSPS) is 15.7. The molecule has 0 aromatic heterocycles. The lowest BCUT2D eigenvalue weighted by Crippen LogP contribution is -2.47. The molecule has 0 saturated heterocycles. The molecule has 0 heterocycles. The Morgan fingerprint density at radius 3 is 2.22 bits per heavy atom. The van der Waals surface area contributed by atoms with Gasteiger partial charge in [0.25, 0.3) is 0 Å². The highest BCUT2D eigenvalue weighted by molar-refractivity contribution is 5.78. The smallest absolute Gasteiger partial charge is 0.323 e. The maximum atomic E-state index is 11.1. The molecule has 0 fully saturated rings. The molecule has 2 N–H and O–H groups in total. The minimum absolute atomic E-state index is 0.221. The third-order valence-corrected chi connectivity index (χ3v) is 4.34. The van der Waals surface area contributed by atoms with Crippen LogP contribution in [0.5, 0.6) is 0 Å². The van der Waals surface area contributed by atoms with E-state index in [1.807, 2.05) is 0 Å². The van der Waals surface area contributed by atoms with E-state index in [-0.39, 0.29) is 5.54 Å². The molecule has 0 radical (unpaired) electrons. The van der Waals surface area contributed by atoms with Crippen molar-refractivity contribution in [3.8, 4) is 0 Å². The summed E-state index contributed by atoms with van der Waals surface area (Å²) in [6, 6.07) is 0. The molecule has 0 aromatic carbocycles. The summed E-state index contributed by atoms with van der Waals surface area (Å²) in [6.07, 6.45) is 3.74. The van der Waals surface area contributed by atoms with Crippen molar-refractivity contribution in [1.29, 1.82) is 0 Å². The van der Waals surface area contributed by atoms with E-state index in [0.29, 0.717) is 6.42 Å². The van der Waals surface area contributed by atoms with Gasteiger partial charge in [-0.05, 0) is 67.1 Å². The molecular weight excluding hydrogens is 228 g/mol. The summed E-state index contributed by atoms with van der Waals surface area (Å²) in [6.45, 7) is 9.43. The van der Waals surface area contributed by atoms with Crippen LogP contribution in [-0.2, 0) is 4.79 Å². The molecular formula is C14H30N2O2. The summed E-state index contributed by atoms with van der Waals surface area (Å²) in [5.41, 5.74) is -0.571. The molecule has 0 spiro atoms. The van der Waals surface area contributed by atoms with Gasteiger partial charge in [0.15, 0.2) is 0 Å². The van der Waals surface area contributed by atoms with E-state index < -0.39 is 11.5 Å². The third kappa shape index (κ3) is 4.94. The fourth-order valence-electron chi connectivity index (χ4n) is 1.74. The topological polar surface area (TPSA) is 52.6 Å². The van der Waals surface area contributed by atoms with Crippen molar-refractivity contribution in [3.05, 3.63) is 0 Å². The van der Waals surface area contributed by atoms with E-state index >= 15 is 0 Å². The van der Waals surface area contributed by atoms with Crippen LogP contribution in [-0.4, -0.2) is 47.7 Å². The fourth-order valence-corrected chi connectivity index (χ4v) is 1.74. The zero-order valence-electron chi connectivity index (χ0n) is 12.8. The van der Waals surface area contributed by atoms with Gasteiger partial charge in [-0.1, -0.05) is 6.92 Å². The number of likely N-dealkylation sites (N-methyl/N-ethyl adjacent to an activating group) is 1. The van der Waals surface area contributed by atoms with E-state index in [9.17, 15) is 4.79 Å². The number of unbranched alkanes of at least 4 members (excludes halogenated alkanes) is 1. The molecule has 1 atom stereocenters. The Morgan fingerprint density at radius 1 is 1.28 bits per heavy atom. The highest BCUT2D eigenvalue weighted by atomic mass is 16.4. The van der Waals surface area contributed by atoms with E-state index in [1.165, 1.54) is 0 Å². The molecule has 0 aliphatic carbocycles. The van der Waals surface area contributed by atoms with Crippen LogP contribution in [0.3, 0.4) is 0 Å². The largest absolute Gasteiger partial charge is 0.480 e. The van der Waals surface area contributed by atoms with Crippen molar-refractivity contribution < 1.29 is 9.90 Å². The average molecular weight is 258 g/mol. The van der Waals surface area contributed by atoms with Crippen LogP contribution in [0, 0.1) is 0 Å². The lowest BCUT2D eigenvalue weighted by atomic mass is 9.94. The van der Waals surface area contributed by atoms with Crippen LogP contribution in [0.2, 0.25) is 0 Å². The van der Waals surface area contributed by atoms with Gasteiger partial charge >= 0.3 is 5.97 Å². The standard InChI is InChI=1S/C14H30N2O2/c1-7-13(2,3)16(6)11-9-8-10-14(4,15-5)12(17)18/h15H,7-11H2,1-6H3,(H,17,18). The van der Waals surface area contributed by atoms with Crippen molar-refractivity contribution in [3.63, 3.8) is 0 Å². The van der Waals surface area contributed by atoms with Gasteiger partial charge in [-0.2, -0.15) is 0 Å². The van der Waals surface area contributed by atoms with E-state index in [0.717, 1.165) is 25.8 Å². The van der Waals surface area contributed by atoms with Crippen LogP contribution in [0.15, 0.2) is 0 Å². The van der Waals surface area contributed by atoms with Crippen molar-refractivity contribution in [2.45, 2.75) is 64.5 Å². The fraction of sp³-hybridized carbons (Fsp3) is 0.929. The Balaban J connectivity index is 4.04. The second-order valence-corrected chi connectivity index (χ2v) is 5.93. The van der Waals surface area contributed by atoms with E-state index in [1.54, 1.807) is 14.0 Å². The second kappa shape index (κ2) is 7.10. The van der Waals surface area contributed by atoms with Gasteiger partial charge in [0.2, 0.25) is 0 Å². The summed E-state index contributed by atoms with van der Waals surface area (Å²) in [7, 11) is 3.85. The Labute approximate surface area is 112 Å². The summed E-state index contributed by atoms with van der Waals surface area (Å²) in [5.74, 6) is -0.771. The molecule has 0 aliphatic heterocycles. The number of aliphatic carboxylic acids is 1. The van der Waals surface area contributed by atoms with E-state index in [4.69, 9.17) is 5.11 Å². The maximum Gasteiger partial charge on any atom is 0.323 e. The van der Waals surface area contributed by atoms with Crippen LogP contribution in [0.25, 0.3) is 0 Å². The molecule has 18 heavy (non-hydrogen) atoms. The number of nitrogens with one attached hydrogen (secondary N) is 1. The molecule has 0 aromatic rings. The van der Waals surface area contributed by atoms with Gasteiger partial charge in [-0.15, -0.1) is 0 Å². The highest BCUT2D eigenvalue weighted by Crippen LogP contribution is 2.18. The van der Waals surface area contributed by atoms with Gasteiger partial charge in [-0.3, -0.25) is 4.79 Å². The number of hydrogen-bond donors (Lipinski definition) is 2. The second-order valence-electron chi connectivity index (χ2n) is 5.93. The SMILES string of the molecule is CCC(C)(C)N(C)CCCCC(C)(NC)C(=O)O. The lowest BCUT2D eigenvalue weighted by Gasteiger charge is -2.35. The number of nitrogens with zero attached hydrogens (tertiary/aromatic N) is 1. The van der Waals surface area contributed by atoms with Crippen LogP contribution < -0.4 is 5.32 Å². The first-order valence-corrected chi connectivity index (χ1v) is 6.83.